The highest BCUT2D eigenvalue weighted by molar-refractivity contribution is 7.98. The fourth-order valence-electron chi connectivity index (χ4n) is 3.84. The van der Waals surface area contributed by atoms with Crippen molar-refractivity contribution in [2.45, 2.75) is 23.8 Å². The third-order valence-electron chi connectivity index (χ3n) is 5.71. The third kappa shape index (κ3) is 5.64. The molecular weight excluding hydrogens is 493 g/mol. The van der Waals surface area contributed by atoms with Crippen LogP contribution in [0.1, 0.15) is 17.3 Å². The molecule has 2 aromatic heterocycles. The van der Waals surface area contributed by atoms with Crippen LogP contribution in [0.2, 0.25) is 0 Å². The smallest absolute Gasteiger partial charge is 0.237 e. The summed E-state index contributed by atoms with van der Waals surface area (Å²) < 4.78 is 31.8. The number of hydrogen-bond acceptors (Lipinski definition) is 8. The van der Waals surface area contributed by atoms with Crippen LogP contribution in [0.15, 0.2) is 82.5 Å². The van der Waals surface area contributed by atoms with E-state index in [1.54, 1.807) is 44.6 Å². The lowest BCUT2D eigenvalue weighted by atomic mass is 10.1. The Morgan fingerprint density at radius 1 is 0.919 bits per heavy atom. The molecule has 0 radical (unpaired) electrons. The molecule has 0 spiro atoms. The summed E-state index contributed by atoms with van der Waals surface area (Å²) in [5, 5.41) is 13.6. The highest BCUT2D eigenvalue weighted by Crippen LogP contribution is 2.32. The number of hydrogen-bond donors (Lipinski definition) is 0. The zero-order valence-corrected chi connectivity index (χ0v) is 21.1. The van der Waals surface area contributed by atoms with Crippen molar-refractivity contribution in [2.24, 2.45) is 0 Å². The minimum absolute atomic E-state index is 0.303. The fourth-order valence-corrected chi connectivity index (χ4v) is 4.65. The molecule has 0 unspecified atom stereocenters. The first-order valence-corrected chi connectivity index (χ1v) is 12.5. The van der Waals surface area contributed by atoms with Gasteiger partial charge in [0.05, 0.1) is 25.5 Å². The van der Waals surface area contributed by atoms with Crippen LogP contribution < -0.4 is 9.47 Å². The van der Waals surface area contributed by atoms with Crippen LogP contribution in [0.5, 0.6) is 11.5 Å². The standard InChI is InChI=1S/C27H24FN5O3S/c1-34-21-13-14-23(35-2)22(16-21)26-29-25(36-32-26)17-37-27-31-30-24(15-8-18-6-4-3-5-7-18)33(27)20-11-9-19(28)10-12-20/h3-7,9-14,16H,8,15,17H2,1-2H3. The largest absolute Gasteiger partial charge is 0.497 e. The molecule has 2 heterocycles. The highest BCUT2D eigenvalue weighted by atomic mass is 32.2. The molecule has 37 heavy (non-hydrogen) atoms. The molecule has 0 bridgehead atoms. The van der Waals surface area contributed by atoms with E-state index in [0.717, 1.165) is 17.9 Å². The van der Waals surface area contributed by atoms with Gasteiger partial charge in [0.2, 0.25) is 11.7 Å². The van der Waals surface area contributed by atoms with E-state index in [9.17, 15) is 4.39 Å². The minimum atomic E-state index is -0.303. The number of nitrogens with zero attached hydrogens (tertiary/aromatic N) is 5. The Bertz CT molecular complexity index is 1470. The van der Waals surface area contributed by atoms with Gasteiger partial charge in [-0.3, -0.25) is 4.57 Å². The van der Waals surface area contributed by atoms with Gasteiger partial charge < -0.3 is 14.0 Å². The number of rotatable bonds is 10. The Hall–Kier alpha value is -4.18. The van der Waals surface area contributed by atoms with Gasteiger partial charge in [-0.15, -0.1) is 10.2 Å². The topological polar surface area (TPSA) is 88.1 Å². The number of thioether (sulfide) groups is 1. The minimum Gasteiger partial charge on any atom is -0.497 e. The fraction of sp³-hybridized carbons (Fsp3) is 0.185. The van der Waals surface area contributed by atoms with Crippen molar-refractivity contribution in [2.75, 3.05) is 14.2 Å². The van der Waals surface area contributed by atoms with Crippen molar-refractivity contribution >= 4 is 11.8 Å². The lowest BCUT2D eigenvalue weighted by Crippen LogP contribution is -2.05. The van der Waals surface area contributed by atoms with Crippen LogP contribution >= 0.6 is 11.8 Å². The van der Waals surface area contributed by atoms with E-state index < -0.39 is 0 Å². The summed E-state index contributed by atoms with van der Waals surface area (Å²) in [5.74, 6) is 2.94. The number of aryl methyl sites for hydroxylation is 2. The molecular formula is C27H24FN5O3S. The van der Waals surface area contributed by atoms with E-state index in [1.165, 1.54) is 29.5 Å². The number of aromatic nitrogens is 5. The Morgan fingerprint density at radius 3 is 2.49 bits per heavy atom. The molecule has 0 amide bonds. The van der Waals surface area contributed by atoms with Crippen molar-refractivity contribution < 1.29 is 18.4 Å². The van der Waals surface area contributed by atoms with Gasteiger partial charge in [0.1, 0.15) is 23.1 Å². The van der Waals surface area contributed by atoms with Gasteiger partial charge in [-0.25, -0.2) is 4.39 Å². The Kier molecular flexibility index (Phi) is 7.46. The summed E-state index contributed by atoms with van der Waals surface area (Å²) in [4.78, 5) is 4.54. The van der Waals surface area contributed by atoms with Gasteiger partial charge in [-0.05, 0) is 54.4 Å². The maximum atomic E-state index is 13.6. The molecule has 0 saturated heterocycles. The number of methoxy groups -OCH3 is 2. The van der Waals surface area contributed by atoms with E-state index >= 15 is 0 Å². The van der Waals surface area contributed by atoms with E-state index in [2.05, 4.69) is 32.5 Å². The molecule has 188 valence electrons. The van der Waals surface area contributed by atoms with Gasteiger partial charge in [0.15, 0.2) is 5.16 Å². The van der Waals surface area contributed by atoms with Crippen molar-refractivity contribution in [1.82, 2.24) is 24.9 Å². The Balaban J connectivity index is 1.37. The normalized spacial score (nSPS) is 11.0. The molecule has 3 aromatic carbocycles. The molecule has 0 aliphatic carbocycles. The van der Waals surface area contributed by atoms with Gasteiger partial charge >= 0.3 is 0 Å². The quantitative estimate of drug-likeness (QED) is 0.223. The van der Waals surface area contributed by atoms with E-state index in [-0.39, 0.29) is 5.82 Å². The molecule has 5 rings (SSSR count). The van der Waals surface area contributed by atoms with Crippen LogP contribution in [0, 0.1) is 5.82 Å². The van der Waals surface area contributed by atoms with E-state index in [1.807, 2.05) is 22.8 Å². The summed E-state index contributed by atoms with van der Waals surface area (Å²) in [5.41, 5.74) is 2.65. The molecule has 0 aliphatic rings. The second kappa shape index (κ2) is 11.3. The monoisotopic (exact) mass is 517 g/mol. The van der Waals surface area contributed by atoms with Crippen LogP contribution in [0.25, 0.3) is 17.1 Å². The molecule has 0 fully saturated rings. The van der Waals surface area contributed by atoms with Gasteiger partial charge in [0.25, 0.3) is 0 Å². The summed E-state index contributed by atoms with van der Waals surface area (Å²) in [7, 11) is 3.18. The lowest BCUT2D eigenvalue weighted by molar-refractivity contribution is 0.389. The first-order valence-electron chi connectivity index (χ1n) is 11.6. The highest BCUT2D eigenvalue weighted by Gasteiger charge is 2.18. The molecule has 0 atom stereocenters. The van der Waals surface area contributed by atoms with Gasteiger partial charge in [0, 0.05) is 12.1 Å². The number of benzene rings is 3. The molecule has 0 N–H and O–H groups in total. The van der Waals surface area contributed by atoms with Crippen LogP contribution in [0.4, 0.5) is 4.39 Å². The summed E-state index contributed by atoms with van der Waals surface area (Å²) in [6, 6.07) is 21.9. The van der Waals surface area contributed by atoms with Crippen molar-refractivity contribution in [1.29, 1.82) is 0 Å². The van der Waals surface area contributed by atoms with Crippen molar-refractivity contribution in [3.8, 4) is 28.6 Å². The predicted molar refractivity (Wildman–Crippen MR) is 138 cm³/mol. The van der Waals surface area contributed by atoms with E-state index in [0.29, 0.717) is 46.1 Å². The average Bonchev–Trinajstić information content (AvgIpc) is 3.58. The van der Waals surface area contributed by atoms with Gasteiger partial charge in [-0.1, -0.05) is 47.3 Å². The maximum absolute atomic E-state index is 13.6. The molecule has 5 aromatic rings. The average molecular weight is 518 g/mol. The number of halogens is 1. The third-order valence-corrected chi connectivity index (χ3v) is 6.62. The SMILES string of the molecule is COc1ccc(OC)c(-c2noc(CSc3nnc(CCc4ccccc4)n3-c3ccc(F)cc3)n2)c1. The number of ether oxygens (including phenoxy) is 2. The molecule has 10 heteroatoms. The molecule has 0 aliphatic heterocycles. The summed E-state index contributed by atoms with van der Waals surface area (Å²) in [6.45, 7) is 0. The Morgan fingerprint density at radius 2 is 1.73 bits per heavy atom. The first kappa shape index (κ1) is 24.5. The van der Waals surface area contributed by atoms with Crippen LogP contribution in [-0.4, -0.2) is 39.1 Å². The van der Waals surface area contributed by atoms with E-state index in [4.69, 9.17) is 14.0 Å². The second-order valence-corrected chi connectivity index (χ2v) is 9.01. The first-order chi connectivity index (χ1) is 18.1. The lowest BCUT2D eigenvalue weighted by Gasteiger charge is -2.10. The zero-order valence-electron chi connectivity index (χ0n) is 20.3. The van der Waals surface area contributed by atoms with Crippen molar-refractivity contribution in [3.05, 3.63) is 95.9 Å². The maximum Gasteiger partial charge on any atom is 0.237 e. The summed E-state index contributed by atoms with van der Waals surface area (Å²) >= 11 is 1.41. The molecule has 0 saturated carbocycles. The van der Waals surface area contributed by atoms with Crippen LogP contribution in [-0.2, 0) is 18.6 Å². The second-order valence-electron chi connectivity index (χ2n) is 8.06. The predicted octanol–water partition coefficient (Wildman–Crippen LogP) is 5.55. The molecule has 8 nitrogen and oxygen atoms in total. The zero-order chi connectivity index (χ0) is 25.6. The van der Waals surface area contributed by atoms with Crippen molar-refractivity contribution in [3.63, 3.8) is 0 Å². The van der Waals surface area contributed by atoms with Gasteiger partial charge in [-0.2, -0.15) is 4.98 Å². The summed E-state index contributed by atoms with van der Waals surface area (Å²) in [6.07, 6.45) is 1.48. The van der Waals surface area contributed by atoms with Crippen LogP contribution in [0.3, 0.4) is 0 Å². The Labute approximate surface area is 217 Å².